The molecule has 1 amide bonds. The topological polar surface area (TPSA) is 60.5 Å². The summed E-state index contributed by atoms with van der Waals surface area (Å²) in [6.45, 7) is 2.67. The van der Waals surface area contributed by atoms with Gasteiger partial charge in [0.25, 0.3) is 5.91 Å². The lowest BCUT2D eigenvalue weighted by Gasteiger charge is -2.13. The van der Waals surface area contributed by atoms with Crippen LogP contribution in [-0.2, 0) is 6.54 Å². The van der Waals surface area contributed by atoms with Crippen LogP contribution in [0.3, 0.4) is 0 Å². The molecule has 0 aliphatic rings. The molecule has 1 N–H and O–H groups in total. The predicted octanol–water partition coefficient (Wildman–Crippen LogP) is 4.29. The Morgan fingerprint density at radius 2 is 2.12 bits per heavy atom. The number of rotatable bonds is 6. The first kappa shape index (κ1) is 17.5. The molecule has 5 nitrogen and oxygen atoms in total. The Hall–Kier alpha value is -2.31. The summed E-state index contributed by atoms with van der Waals surface area (Å²) in [4.78, 5) is 16.9. The molecule has 1 heterocycles. The molecule has 0 saturated heterocycles. The van der Waals surface area contributed by atoms with Crippen LogP contribution in [0.4, 0.5) is 0 Å². The average molecular weight is 377 g/mol. The Morgan fingerprint density at radius 1 is 1.32 bits per heavy atom. The summed E-state index contributed by atoms with van der Waals surface area (Å²) in [6, 6.07) is 11.1. The van der Waals surface area contributed by atoms with Crippen molar-refractivity contribution in [2.45, 2.75) is 13.5 Å². The number of thiazole rings is 1. The Morgan fingerprint density at radius 3 is 2.84 bits per heavy atom. The van der Waals surface area contributed by atoms with E-state index < -0.39 is 0 Å². The molecule has 0 fully saturated rings. The van der Waals surface area contributed by atoms with Crippen LogP contribution >= 0.6 is 22.9 Å². The van der Waals surface area contributed by atoms with E-state index in [-0.39, 0.29) is 5.91 Å². The van der Waals surface area contributed by atoms with Crippen molar-refractivity contribution in [2.24, 2.45) is 0 Å². The number of halogens is 1. The minimum absolute atomic E-state index is 0.248. The number of hydrogen-bond acceptors (Lipinski definition) is 5. The van der Waals surface area contributed by atoms with Gasteiger partial charge >= 0.3 is 0 Å². The highest BCUT2D eigenvalue weighted by atomic mass is 35.5. The molecule has 0 aliphatic heterocycles. The molecule has 130 valence electrons. The lowest BCUT2D eigenvalue weighted by molar-refractivity contribution is 0.0950. The first-order chi connectivity index (χ1) is 12.1. The summed E-state index contributed by atoms with van der Waals surface area (Å²) in [6.07, 6.45) is 0. The van der Waals surface area contributed by atoms with Gasteiger partial charge in [-0.2, -0.15) is 0 Å². The van der Waals surface area contributed by atoms with Crippen LogP contribution in [0.15, 0.2) is 36.4 Å². The number of para-hydroxylation sites is 1. The van der Waals surface area contributed by atoms with Crippen molar-refractivity contribution in [3.8, 4) is 11.5 Å². The van der Waals surface area contributed by atoms with Gasteiger partial charge in [-0.25, -0.2) is 4.98 Å². The van der Waals surface area contributed by atoms with Crippen molar-refractivity contribution in [3.63, 3.8) is 0 Å². The molecule has 0 bridgehead atoms. The molecular weight excluding hydrogens is 360 g/mol. The Bertz CT molecular complexity index is 877. The number of nitrogens with zero attached hydrogens (tertiary/aromatic N) is 1. The zero-order valence-electron chi connectivity index (χ0n) is 13.8. The molecule has 0 atom stereocenters. The third-order valence-electron chi connectivity index (χ3n) is 3.52. The number of hydrogen-bond donors (Lipinski definition) is 1. The largest absolute Gasteiger partial charge is 0.493 e. The number of amides is 1. The van der Waals surface area contributed by atoms with Gasteiger partial charge in [-0.05, 0) is 31.2 Å². The fourth-order valence-corrected chi connectivity index (χ4v) is 3.56. The number of ether oxygens (including phenoxy) is 2. The highest BCUT2D eigenvalue weighted by molar-refractivity contribution is 7.18. The molecule has 2 aromatic carbocycles. The van der Waals surface area contributed by atoms with Crippen LogP contribution < -0.4 is 14.8 Å². The van der Waals surface area contributed by atoms with E-state index in [0.29, 0.717) is 35.2 Å². The molecule has 1 aromatic heterocycles. The second-order valence-electron chi connectivity index (χ2n) is 5.18. The van der Waals surface area contributed by atoms with Crippen molar-refractivity contribution in [1.29, 1.82) is 0 Å². The zero-order chi connectivity index (χ0) is 17.8. The average Bonchev–Trinajstić information content (AvgIpc) is 3.04. The van der Waals surface area contributed by atoms with Gasteiger partial charge in [0, 0.05) is 5.56 Å². The van der Waals surface area contributed by atoms with Crippen LogP contribution in [0.1, 0.15) is 22.3 Å². The van der Waals surface area contributed by atoms with E-state index in [0.717, 1.165) is 15.2 Å². The monoisotopic (exact) mass is 376 g/mol. The van der Waals surface area contributed by atoms with Crippen LogP contribution in [-0.4, -0.2) is 24.6 Å². The van der Waals surface area contributed by atoms with Crippen LogP contribution in [0.25, 0.3) is 10.2 Å². The molecule has 0 radical (unpaired) electrons. The maximum atomic E-state index is 12.4. The molecule has 25 heavy (non-hydrogen) atoms. The lowest BCUT2D eigenvalue weighted by Crippen LogP contribution is -2.22. The molecule has 0 unspecified atom stereocenters. The third kappa shape index (κ3) is 3.86. The van der Waals surface area contributed by atoms with E-state index in [9.17, 15) is 4.79 Å². The summed E-state index contributed by atoms with van der Waals surface area (Å²) in [5.41, 5.74) is 1.34. The number of carbonyl (C=O) groups is 1. The summed E-state index contributed by atoms with van der Waals surface area (Å²) in [5.74, 6) is 0.622. The smallest absolute Gasteiger partial charge is 0.251 e. The maximum Gasteiger partial charge on any atom is 0.251 e. The summed E-state index contributed by atoms with van der Waals surface area (Å²) >= 11 is 7.77. The predicted molar refractivity (Wildman–Crippen MR) is 100.0 cm³/mol. The number of benzene rings is 2. The minimum Gasteiger partial charge on any atom is -0.493 e. The number of carbonyl (C=O) groups excluding carboxylic acids is 1. The quantitative estimate of drug-likeness (QED) is 0.697. The van der Waals surface area contributed by atoms with Crippen molar-refractivity contribution >= 4 is 39.1 Å². The highest BCUT2D eigenvalue weighted by Crippen LogP contribution is 2.36. The van der Waals surface area contributed by atoms with E-state index in [1.165, 1.54) is 7.11 Å². The molecule has 7 heteroatoms. The fraction of sp³-hybridized carbons (Fsp3) is 0.222. The van der Waals surface area contributed by atoms with E-state index >= 15 is 0 Å². The standard InChI is InChI=1S/C18H17ClN2O3S/c1-3-24-17-12(19)8-11(9-14(17)23-2)18(22)20-10-16-21-13-6-4-5-7-15(13)25-16/h4-9H,3,10H2,1-2H3,(H,20,22). The van der Waals surface area contributed by atoms with Crippen LogP contribution in [0, 0.1) is 0 Å². The highest BCUT2D eigenvalue weighted by Gasteiger charge is 2.16. The number of nitrogens with one attached hydrogen (secondary N) is 1. The summed E-state index contributed by atoms with van der Waals surface area (Å²) in [7, 11) is 1.51. The van der Waals surface area contributed by atoms with Crippen molar-refractivity contribution in [1.82, 2.24) is 10.3 Å². The Kier molecular flexibility index (Phi) is 5.40. The molecule has 0 saturated carbocycles. The summed E-state index contributed by atoms with van der Waals surface area (Å²) < 4.78 is 11.8. The maximum absolute atomic E-state index is 12.4. The van der Waals surface area contributed by atoms with Crippen LogP contribution in [0.2, 0.25) is 5.02 Å². The molecule has 3 aromatic rings. The van der Waals surface area contributed by atoms with Gasteiger partial charge in [0.05, 0.1) is 35.5 Å². The SMILES string of the molecule is CCOc1c(Cl)cc(C(=O)NCc2nc3ccccc3s2)cc1OC. The lowest BCUT2D eigenvalue weighted by atomic mass is 10.2. The van der Waals surface area contributed by atoms with Gasteiger partial charge in [-0.1, -0.05) is 23.7 Å². The fourth-order valence-electron chi connectivity index (χ4n) is 2.39. The van der Waals surface area contributed by atoms with E-state index in [4.69, 9.17) is 21.1 Å². The first-order valence-corrected chi connectivity index (χ1v) is 8.94. The Balaban J connectivity index is 1.75. The molecule has 0 aliphatic carbocycles. The van der Waals surface area contributed by atoms with Crippen molar-refractivity contribution in [2.75, 3.05) is 13.7 Å². The second-order valence-corrected chi connectivity index (χ2v) is 6.70. The van der Waals surface area contributed by atoms with Crippen molar-refractivity contribution in [3.05, 3.63) is 52.0 Å². The van der Waals surface area contributed by atoms with Gasteiger partial charge in [0.1, 0.15) is 5.01 Å². The third-order valence-corrected chi connectivity index (χ3v) is 4.84. The Labute approximate surface area is 154 Å². The van der Waals surface area contributed by atoms with Gasteiger partial charge in [-0.15, -0.1) is 11.3 Å². The number of aromatic nitrogens is 1. The van der Waals surface area contributed by atoms with Gasteiger partial charge in [0.15, 0.2) is 11.5 Å². The van der Waals surface area contributed by atoms with Gasteiger partial charge < -0.3 is 14.8 Å². The van der Waals surface area contributed by atoms with Crippen LogP contribution in [0.5, 0.6) is 11.5 Å². The molecular formula is C18H17ClN2O3S. The minimum atomic E-state index is -0.248. The van der Waals surface area contributed by atoms with E-state index in [1.807, 2.05) is 31.2 Å². The number of fused-ring (bicyclic) bond motifs is 1. The number of methoxy groups -OCH3 is 1. The van der Waals surface area contributed by atoms with Crippen molar-refractivity contribution < 1.29 is 14.3 Å². The van der Waals surface area contributed by atoms with E-state index in [1.54, 1.807) is 23.5 Å². The summed E-state index contributed by atoms with van der Waals surface area (Å²) in [5, 5.41) is 4.05. The first-order valence-electron chi connectivity index (χ1n) is 7.75. The normalized spacial score (nSPS) is 10.7. The van der Waals surface area contributed by atoms with Gasteiger partial charge in [0.2, 0.25) is 0 Å². The second kappa shape index (κ2) is 7.72. The molecule has 0 spiro atoms. The molecule has 3 rings (SSSR count). The zero-order valence-corrected chi connectivity index (χ0v) is 15.4. The van der Waals surface area contributed by atoms with Gasteiger partial charge in [-0.3, -0.25) is 4.79 Å². The van der Waals surface area contributed by atoms with E-state index in [2.05, 4.69) is 10.3 Å².